The molecule has 0 saturated heterocycles. The molecule has 3 heterocycles. The summed E-state index contributed by atoms with van der Waals surface area (Å²) in [6.45, 7) is 11.0. The lowest BCUT2D eigenvalue weighted by molar-refractivity contribution is -0.438. The molecule has 0 bridgehead atoms. The highest BCUT2D eigenvalue weighted by Crippen LogP contribution is 2.48. The highest BCUT2D eigenvalue weighted by molar-refractivity contribution is 7.86. The van der Waals surface area contributed by atoms with Gasteiger partial charge in [-0.25, -0.2) is 0 Å². The lowest BCUT2D eigenvalue weighted by Crippen LogP contribution is -2.39. The Bertz CT molecular complexity index is 2370. The van der Waals surface area contributed by atoms with Gasteiger partial charge in [0.15, 0.2) is 5.71 Å². The molecule has 3 aliphatic heterocycles. The van der Waals surface area contributed by atoms with Gasteiger partial charge in [0.05, 0.1) is 21.9 Å². The summed E-state index contributed by atoms with van der Waals surface area (Å²) in [6, 6.07) is 9.18. The fourth-order valence-corrected chi connectivity index (χ4v) is 8.60. The first kappa shape index (κ1) is 43.9. The molecule has 4 N–H and O–H groups in total. The van der Waals surface area contributed by atoms with Gasteiger partial charge >= 0.3 is 0 Å². The molecule has 0 saturated carbocycles. The average Bonchev–Trinajstić information content (AvgIpc) is 3.67. The Morgan fingerprint density at radius 2 is 1.36 bits per heavy atom. The molecule has 0 aliphatic carbocycles. The van der Waals surface area contributed by atoms with Crippen LogP contribution in [0.3, 0.4) is 0 Å². The van der Waals surface area contributed by atoms with Crippen LogP contribution in [-0.4, -0.2) is 91.1 Å². The predicted molar refractivity (Wildman–Crippen MR) is 218 cm³/mol. The topological polar surface area (TPSA) is 211 Å². The van der Waals surface area contributed by atoms with E-state index < -0.39 is 48.8 Å². The van der Waals surface area contributed by atoms with Gasteiger partial charge in [0.2, 0.25) is 17.5 Å². The second-order valence-electron chi connectivity index (χ2n) is 15.2. The molecular formula is C41H50N5O10S2+. The number of unbranched alkanes of at least 4 members (excludes halogenated alkanes) is 2. The third-order valence-corrected chi connectivity index (χ3v) is 12.4. The standard InChI is InChI=1S/C41H49N5O10S2/c1-6-44-32-18-16-28(57(51,52)53)25-30(32)40(2,3)34(44)13-9-7-10-14-35-41(4,5)31-26-29(58(54,55)56)17-19-33(31)45(35)23-12-8-11-15-36(47)42-27-43-37(48)22-24-46-38(49)20-21-39(46)50/h7,9-10,13-14,16-21,25-26H,6,8,11-12,15,22-24,27H2,1-5H3,(H3-,42,43,47,48,51,52,53,54,55,56)/p+1. The van der Waals surface area contributed by atoms with E-state index in [9.17, 15) is 45.1 Å². The van der Waals surface area contributed by atoms with E-state index in [0.29, 0.717) is 32.4 Å². The van der Waals surface area contributed by atoms with Crippen molar-refractivity contribution in [3.05, 3.63) is 95.8 Å². The number of hydrogen-bond acceptors (Lipinski definition) is 9. The van der Waals surface area contributed by atoms with Crippen molar-refractivity contribution in [2.45, 2.75) is 87.3 Å². The molecule has 0 atom stereocenters. The van der Waals surface area contributed by atoms with Crippen molar-refractivity contribution in [2.24, 2.45) is 0 Å². The van der Waals surface area contributed by atoms with Gasteiger partial charge in [0, 0.05) is 79.0 Å². The van der Waals surface area contributed by atoms with Gasteiger partial charge in [-0.3, -0.25) is 33.2 Å². The number of allylic oxidation sites excluding steroid dienone is 6. The fourth-order valence-electron chi connectivity index (χ4n) is 7.58. The number of anilines is 1. The Morgan fingerprint density at radius 1 is 0.759 bits per heavy atom. The fraction of sp³-hybridized carbons (Fsp3) is 0.390. The summed E-state index contributed by atoms with van der Waals surface area (Å²) in [5.41, 5.74) is 3.84. The minimum Gasteiger partial charge on any atom is -0.344 e. The molecule has 4 amide bonds. The van der Waals surface area contributed by atoms with E-state index >= 15 is 0 Å². The van der Waals surface area contributed by atoms with Crippen LogP contribution in [0.5, 0.6) is 0 Å². The van der Waals surface area contributed by atoms with Crippen molar-refractivity contribution in [3.63, 3.8) is 0 Å². The molecule has 15 nitrogen and oxygen atoms in total. The molecule has 0 radical (unpaired) electrons. The first-order chi connectivity index (χ1) is 27.2. The normalized spacial score (nSPS) is 17.9. The average molecular weight is 837 g/mol. The maximum atomic E-state index is 12.4. The van der Waals surface area contributed by atoms with Crippen LogP contribution in [0.15, 0.2) is 94.4 Å². The van der Waals surface area contributed by atoms with Gasteiger partial charge in [-0.05, 0) is 75.6 Å². The van der Waals surface area contributed by atoms with Crippen LogP contribution in [0, 0.1) is 0 Å². The van der Waals surface area contributed by atoms with Gasteiger partial charge in [0.1, 0.15) is 6.54 Å². The van der Waals surface area contributed by atoms with Crippen molar-refractivity contribution < 1.29 is 49.7 Å². The van der Waals surface area contributed by atoms with Crippen LogP contribution in [0.2, 0.25) is 0 Å². The number of carbonyl (C=O) groups excluding carboxylic acids is 4. The zero-order valence-corrected chi connectivity index (χ0v) is 34.8. The molecule has 17 heteroatoms. The summed E-state index contributed by atoms with van der Waals surface area (Å²) < 4.78 is 69.4. The minimum absolute atomic E-state index is 0.0485. The number of nitrogens with zero attached hydrogens (tertiary/aromatic N) is 3. The number of carbonyl (C=O) groups is 4. The Morgan fingerprint density at radius 3 is 1.98 bits per heavy atom. The van der Waals surface area contributed by atoms with Gasteiger partial charge in [-0.1, -0.05) is 32.1 Å². The maximum Gasteiger partial charge on any atom is 0.294 e. The zero-order valence-electron chi connectivity index (χ0n) is 33.2. The van der Waals surface area contributed by atoms with Crippen LogP contribution in [0.25, 0.3) is 0 Å². The first-order valence-corrected chi connectivity index (χ1v) is 21.8. The Kier molecular flexibility index (Phi) is 13.1. The molecular weight excluding hydrogens is 787 g/mol. The smallest absolute Gasteiger partial charge is 0.294 e. The largest absolute Gasteiger partial charge is 0.344 e. The van der Waals surface area contributed by atoms with E-state index in [2.05, 4.69) is 20.1 Å². The molecule has 310 valence electrons. The Hall–Kier alpha value is -5.23. The van der Waals surface area contributed by atoms with Crippen LogP contribution in [0.1, 0.15) is 77.8 Å². The number of fused-ring (bicyclic) bond motifs is 2. The van der Waals surface area contributed by atoms with Crippen molar-refractivity contribution in [1.29, 1.82) is 0 Å². The summed E-state index contributed by atoms with van der Waals surface area (Å²) in [4.78, 5) is 50.5. The van der Waals surface area contributed by atoms with Gasteiger partial charge < -0.3 is 15.5 Å². The third-order valence-electron chi connectivity index (χ3n) is 10.7. The van der Waals surface area contributed by atoms with E-state index in [1.807, 2.05) is 65.0 Å². The summed E-state index contributed by atoms with van der Waals surface area (Å²) in [5, 5.41) is 5.20. The quantitative estimate of drug-likeness (QED) is 0.0437. The summed E-state index contributed by atoms with van der Waals surface area (Å²) in [7, 11) is -8.81. The predicted octanol–water partition coefficient (Wildman–Crippen LogP) is 4.44. The highest BCUT2D eigenvalue weighted by Gasteiger charge is 2.45. The lowest BCUT2D eigenvalue weighted by Gasteiger charge is -2.25. The lowest BCUT2D eigenvalue weighted by atomic mass is 9.81. The molecule has 0 unspecified atom stereocenters. The van der Waals surface area contributed by atoms with Crippen LogP contribution >= 0.6 is 0 Å². The molecule has 2 aromatic rings. The van der Waals surface area contributed by atoms with E-state index in [-0.39, 0.29) is 41.8 Å². The second kappa shape index (κ2) is 17.3. The van der Waals surface area contributed by atoms with Gasteiger partial charge in [0.25, 0.3) is 32.1 Å². The van der Waals surface area contributed by atoms with Crippen molar-refractivity contribution in [2.75, 3.05) is 31.2 Å². The highest BCUT2D eigenvalue weighted by atomic mass is 32.2. The maximum absolute atomic E-state index is 12.4. The first-order valence-electron chi connectivity index (χ1n) is 19.0. The monoisotopic (exact) mass is 836 g/mol. The van der Waals surface area contributed by atoms with Crippen LogP contribution < -0.4 is 15.5 Å². The number of nitrogens with one attached hydrogen (secondary N) is 2. The van der Waals surface area contributed by atoms with E-state index in [4.69, 9.17) is 0 Å². The van der Waals surface area contributed by atoms with Crippen molar-refractivity contribution in [3.8, 4) is 0 Å². The molecule has 58 heavy (non-hydrogen) atoms. The SMILES string of the molecule is CCN1C(=CC=CC=CC2=[N+](CCCCCC(=O)NCNC(=O)CCN3C(=O)C=CC3=O)c3ccc(S(=O)(=O)O)cc3C2(C)C)C(C)(C)c2cc(S(=O)(=O)O)ccc21. The number of imide groups is 1. The molecule has 0 fully saturated rings. The number of amides is 4. The summed E-state index contributed by atoms with van der Waals surface area (Å²) in [6.07, 6.45) is 14.0. The van der Waals surface area contributed by atoms with E-state index in [1.54, 1.807) is 12.1 Å². The van der Waals surface area contributed by atoms with Crippen molar-refractivity contribution >= 4 is 61.0 Å². The zero-order chi connectivity index (χ0) is 42.6. The van der Waals surface area contributed by atoms with E-state index in [0.717, 1.165) is 51.0 Å². The van der Waals surface area contributed by atoms with Gasteiger partial charge in [-0.15, -0.1) is 0 Å². The molecule has 0 spiro atoms. The van der Waals surface area contributed by atoms with Crippen LogP contribution in [0.4, 0.5) is 11.4 Å². The number of rotatable bonds is 17. The summed E-state index contributed by atoms with van der Waals surface area (Å²) in [5.74, 6) is -1.59. The number of benzene rings is 2. The van der Waals surface area contributed by atoms with Crippen LogP contribution in [-0.2, 0) is 50.2 Å². The van der Waals surface area contributed by atoms with Crippen molar-refractivity contribution in [1.82, 2.24) is 15.5 Å². The molecule has 5 rings (SSSR count). The molecule has 0 aromatic heterocycles. The molecule has 2 aromatic carbocycles. The molecule has 3 aliphatic rings. The second-order valence-corrected chi connectivity index (χ2v) is 18.1. The van der Waals surface area contributed by atoms with Gasteiger partial charge in [-0.2, -0.15) is 21.4 Å². The third kappa shape index (κ3) is 9.55. The minimum atomic E-state index is -4.44. The number of hydrogen-bond donors (Lipinski definition) is 4. The summed E-state index contributed by atoms with van der Waals surface area (Å²) >= 11 is 0. The number of likely N-dealkylation sites (N-methyl/N-ethyl adjacent to an activating group) is 1. The Balaban J connectivity index is 1.23. The van der Waals surface area contributed by atoms with E-state index in [1.165, 1.54) is 24.3 Å². The Labute approximate surface area is 339 Å².